The van der Waals surface area contributed by atoms with Gasteiger partial charge < -0.3 is 10.6 Å². The summed E-state index contributed by atoms with van der Waals surface area (Å²) >= 11 is 6.08. The van der Waals surface area contributed by atoms with Gasteiger partial charge in [0, 0.05) is 18.1 Å². The maximum Gasteiger partial charge on any atom is 0.234 e. The fourth-order valence-electron chi connectivity index (χ4n) is 2.84. The molecule has 116 valence electrons. The number of hydrogen-bond donors (Lipinski definition) is 2. The molecule has 1 unspecified atom stereocenters. The fourth-order valence-corrected chi connectivity index (χ4v) is 3.05. The van der Waals surface area contributed by atoms with Crippen LogP contribution in [-0.2, 0) is 11.3 Å². The number of carbonyl (C=O) groups excluding carboxylic acids is 1. The summed E-state index contributed by atoms with van der Waals surface area (Å²) in [6.45, 7) is 4.01. The highest BCUT2D eigenvalue weighted by molar-refractivity contribution is 6.31. The minimum atomic E-state index is 0.0695. The summed E-state index contributed by atoms with van der Waals surface area (Å²) in [5.41, 5.74) is 0.958. The third kappa shape index (κ3) is 5.30. The van der Waals surface area contributed by atoms with Crippen LogP contribution in [0.15, 0.2) is 24.3 Å². The minimum Gasteiger partial charge on any atom is -0.351 e. The smallest absolute Gasteiger partial charge is 0.234 e. The van der Waals surface area contributed by atoms with E-state index in [0.717, 1.165) is 25.2 Å². The molecule has 1 saturated heterocycles. The van der Waals surface area contributed by atoms with Crippen LogP contribution in [0.4, 0.5) is 0 Å². The average molecular weight is 310 g/mol. The van der Waals surface area contributed by atoms with Crippen LogP contribution in [0, 0.1) is 5.92 Å². The van der Waals surface area contributed by atoms with Gasteiger partial charge in [-0.15, -0.1) is 0 Å². The third-order valence-corrected chi connectivity index (χ3v) is 4.27. The maximum absolute atomic E-state index is 12.0. The molecule has 1 amide bonds. The van der Waals surface area contributed by atoms with E-state index in [4.69, 9.17) is 11.6 Å². The lowest BCUT2D eigenvalue weighted by Gasteiger charge is -2.32. The number of nitrogens with one attached hydrogen (secondary N) is 2. The van der Waals surface area contributed by atoms with Gasteiger partial charge in [-0.2, -0.15) is 0 Å². The summed E-state index contributed by atoms with van der Waals surface area (Å²) in [6, 6.07) is 7.60. The van der Waals surface area contributed by atoms with Crippen LogP contribution in [0.1, 0.15) is 18.4 Å². The summed E-state index contributed by atoms with van der Waals surface area (Å²) in [5, 5.41) is 6.87. The molecule has 1 aliphatic heterocycles. The SMILES string of the molecule is CNCC1CCCN(CC(=O)NCc2ccccc2Cl)C1. The molecule has 0 bridgehead atoms. The van der Waals surface area contributed by atoms with Crippen molar-refractivity contribution in [3.8, 4) is 0 Å². The Morgan fingerprint density at radius 2 is 2.24 bits per heavy atom. The number of rotatable bonds is 6. The van der Waals surface area contributed by atoms with E-state index >= 15 is 0 Å². The van der Waals surface area contributed by atoms with E-state index in [-0.39, 0.29) is 5.91 Å². The van der Waals surface area contributed by atoms with Gasteiger partial charge in [-0.3, -0.25) is 9.69 Å². The second kappa shape index (κ2) is 8.37. The van der Waals surface area contributed by atoms with Gasteiger partial charge in [0.2, 0.25) is 5.91 Å². The summed E-state index contributed by atoms with van der Waals surface area (Å²) in [7, 11) is 1.98. The lowest BCUT2D eigenvalue weighted by atomic mass is 9.98. The zero-order valence-corrected chi connectivity index (χ0v) is 13.3. The van der Waals surface area contributed by atoms with Crippen molar-refractivity contribution in [2.45, 2.75) is 19.4 Å². The molecule has 21 heavy (non-hydrogen) atoms. The lowest BCUT2D eigenvalue weighted by Crippen LogP contribution is -2.44. The van der Waals surface area contributed by atoms with Crippen LogP contribution in [0.3, 0.4) is 0 Å². The molecule has 4 nitrogen and oxygen atoms in total. The molecule has 2 rings (SSSR count). The molecule has 0 aliphatic carbocycles. The van der Waals surface area contributed by atoms with Gasteiger partial charge in [0.05, 0.1) is 6.54 Å². The number of benzene rings is 1. The Balaban J connectivity index is 1.75. The topological polar surface area (TPSA) is 44.4 Å². The molecule has 1 atom stereocenters. The van der Waals surface area contributed by atoms with Crippen molar-refractivity contribution >= 4 is 17.5 Å². The average Bonchev–Trinajstić information content (AvgIpc) is 2.47. The van der Waals surface area contributed by atoms with Gasteiger partial charge in [0.1, 0.15) is 0 Å². The molecule has 1 aromatic carbocycles. The van der Waals surface area contributed by atoms with Crippen molar-refractivity contribution in [2.24, 2.45) is 5.92 Å². The zero-order chi connectivity index (χ0) is 15.1. The van der Waals surface area contributed by atoms with E-state index in [9.17, 15) is 4.79 Å². The fraction of sp³-hybridized carbons (Fsp3) is 0.562. The monoisotopic (exact) mass is 309 g/mol. The Kier molecular flexibility index (Phi) is 6.49. The molecule has 1 aromatic rings. The molecule has 0 saturated carbocycles. The molecule has 0 spiro atoms. The molecular weight excluding hydrogens is 286 g/mol. The van der Waals surface area contributed by atoms with Crippen molar-refractivity contribution in [3.05, 3.63) is 34.9 Å². The van der Waals surface area contributed by atoms with Gasteiger partial charge in [0.25, 0.3) is 0 Å². The Morgan fingerprint density at radius 3 is 3.00 bits per heavy atom. The number of piperidine rings is 1. The van der Waals surface area contributed by atoms with Crippen molar-refractivity contribution in [2.75, 3.05) is 33.2 Å². The van der Waals surface area contributed by atoms with Gasteiger partial charge in [-0.25, -0.2) is 0 Å². The van der Waals surface area contributed by atoms with Crippen molar-refractivity contribution < 1.29 is 4.79 Å². The van der Waals surface area contributed by atoms with E-state index in [2.05, 4.69) is 15.5 Å². The molecular formula is C16H24ClN3O. The van der Waals surface area contributed by atoms with Crippen LogP contribution in [0.2, 0.25) is 5.02 Å². The van der Waals surface area contributed by atoms with Gasteiger partial charge >= 0.3 is 0 Å². The van der Waals surface area contributed by atoms with Crippen LogP contribution in [0.5, 0.6) is 0 Å². The number of halogens is 1. The van der Waals surface area contributed by atoms with E-state index in [0.29, 0.717) is 24.0 Å². The number of amides is 1. The molecule has 5 heteroatoms. The Labute approximate surface area is 131 Å². The summed E-state index contributed by atoms with van der Waals surface area (Å²) in [6.07, 6.45) is 2.42. The second-order valence-electron chi connectivity index (χ2n) is 5.67. The first-order valence-electron chi connectivity index (χ1n) is 7.56. The molecule has 2 N–H and O–H groups in total. The number of carbonyl (C=O) groups is 1. The first-order valence-corrected chi connectivity index (χ1v) is 7.94. The standard InChI is InChI=1S/C16H24ClN3O/c1-18-9-13-5-4-8-20(11-13)12-16(21)19-10-14-6-2-3-7-15(14)17/h2-3,6-7,13,18H,4-5,8-12H2,1H3,(H,19,21). The van der Waals surface area contributed by atoms with Crippen LogP contribution >= 0.6 is 11.6 Å². The van der Waals surface area contributed by atoms with Crippen LogP contribution in [-0.4, -0.2) is 44.0 Å². The first-order chi connectivity index (χ1) is 10.2. The molecule has 1 heterocycles. The number of likely N-dealkylation sites (tertiary alicyclic amines) is 1. The van der Waals surface area contributed by atoms with Gasteiger partial charge in [-0.1, -0.05) is 29.8 Å². The summed E-state index contributed by atoms with van der Waals surface area (Å²) < 4.78 is 0. The Hall–Kier alpha value is -1.10. The summed E-state index contributed by atoms with van der Waals surface area (Å²) in [5.74, 6) is 0.722. The minimum absolute atomic E-state index is 0.0695. The largest absolute Gasteiger partial charge is 0.351 e. The highest BCUT2D eigenvalue weighted by Gasteiger charge is 2.20. The Bertz CT molecular complexity index is 465. The van der Waals surface area contributed by atoms with Crippen LogP contribution in [0.25, 0.3) is 0 Å². The number of hydrogen-bond acceptors (Lipinski definition) is 3. The predicted molar refractivity (Wildman–Crippen MR) is 86.4 cm³/mol. The molecule has 1 aliphatic rings. The quantitative estimate of drug-likeness (QED) is 0.843. The van der Waals surface area contributed by atoms with Crippen molar-refractivity contribution in [1.82, 2.24) is 15.5 Å². The maximum atomic E-state index is 12.0. The van der Waals surface area contributed by atoms with E-state index in [1.165, 1.54) is 12.8 Å². The van der Waals surface area contributed by atoms with E-state index in [1.807, 2.05) is 31.3 Å². The van der Waals surface area contributed by atoms with Crippen molar-refractivity contribution in [3.63, 3.8) is 0 Å². The number of nitrogens with zero attached hydrogens (tertiary/aromatic N) is 1. The third-order valence-electron chi connectivity index (χ3n) is 3.90. The normalized spacial score (nSPS) is 19.4. The zero-order valence-electron chi connectivity index (χ0n) is 12.6. The lowest BCUT2D eigenvalue weighted by molar-refractivity contribution is -0.122. The van der Waals surface area contributed by atoms with E-state index in [1.54, 1.807) is 0 Å². The highest BCUT2D eigenvalue weighted by atomic mass is 35.5. The summed E-state index contributed by atoms with van der Waals surface area (Å²) in [4.78, 5) is 14.3. The van der Waals surface area contributed by atoms with Gasteiger partial charge in [-0.05, 0) is 50.5 Å². The highest BCUT2D eigenvalue weighted by Crippen LogP contribution is 2.16. The second-order valence-corrected chi connectivity index (χ2v) is 6.08. The van der Waals surface area contributed by atoms with E-state index < -0.39 is 0 Å². The molecule has 0 radical (unpaired) electrons. The van der Waals surface area contributed by atoms with Crippen molar-refractivity contribution in [1.29, 1.82) is 0 Å². The van der Waals surface area contributed by atoms with Gasteiger partial charge in [0.15, 0.2) is 0 Å². The molecule has 0 aromatic heterocycles. The van der Waals surface area contributed by atoms with Crippen LogP contribution < -0.4 is 10.6 Å². The predicted octanol–water partition coefficient (Wildman–Crippen LogP) is 1.89. The molecule has 1 fully saturated rings. The first kappa shape index (κ1) is 16.3. The Morgan fingerprint density at radius 1 is 1.43 bits per heavy atom.